The zero-order chi connectivity index (χ0) is 13.6. The van der Waals surface area contributed by atoms with Gasteiger partial charge in [0.05, 0.1) is 13.2 Å². The third-order valence-electron chi connectivity index (χ3n) is 3.97. The standard InChI is InChI=1S/C17H26O/c1-16(2,3)13-7-8-14-12(9-13)10-18-11-15(14)17(4,5)6/h7-9,15H,10-11H2,1-6H3. The minimum absolute atomic E-state index is 0.212. The highest BCUT2D eigenvalue weighted by atomic mass is 16.5. The lowest BCUT2D eigenvalue weighted by Gasteiger charge is -2.36. The third-order valence-corrected chi connectivity index (χ3v) is 3.97. The highest BCUT2D eigenvalue weighted by molar-refractivity contribution is 5.38. The van der Waals surface area contributed by atoms with Gasteiger partial charge in [-0.15, -0.1) is 0 Å². The molecule has 18 heavy (non-hydrogen) atoms. The van der Waals surface area contributed by atoms with Gasteiger partial charge in [0.2, 0.25) is 0 Å². The van der Waals surface area contributed by atoms with Crippen LogP contribution in [0.25, 0.3) is 0 Å². The summed E-state index contributed by atoms with van der Waals surface area (Å²) in [5.41, 5.74) is 4.75. The summed E-state index contributed by atoms with van der Waals surface area (Å²) >= 11 is 0. The van der Waals surface area contributed by atoms with E-state index in [2.05, 4.69) is 59.7 Å². The van der Waals surface area contributed by atoms with E-state index < -0.39 is 0 Å². The SMILES string of the molecule is CC(C)(C)c1ccc2c(c1)COCC2C(C)(C)C. The van der Waals surface area contributed by atoms with Crippen LogP contribution in [0, 0.1) is 5.41 Å². The summed E-state index contributed by atoms with van der Waals surface area (Å²) in [5, 5.41) is 0. The maximum absolute atomic E-state index is 5.80. The molecule has 1 aromatic carbocycles. The summed E-state index contributed by atoms with van der Waals surface area (Å²) in [4.78, 5) is 0. The van der Waals surface area contributed by atoms with Crippen molar-refractivity contribution in [3.05, 3.63) is 34.9 Å². The van der Waals surface area contributed by atoms with Gasteiger partial charge in [0.25, 0.3) is 0 Å². The van der Waals surface area contributed by atoms with Crippen molar-refractivity contribution in [2.45, 2.75) is 59.5 Å². The van der Waals surface area contributed by atoms with Crippen molar-refractivity contribution < 1.29 is 4.74 Å². The van der Waals surface area contributed by atoms with Gasteiger partial charge in [0.1, 0.15) is 0 Å². The zero-order valence-electron chi connectivity index (χ0n) is 12.6. The predicted octanol–water partition coefficient (Wildman–Crippen LogP) is 4.64. The summed E-state index contributed by atoms with van der Waals surface area (Å²) in [7, 11) is 0. The first kappa shape index (κ1) is 13.6. The van der Waals surface area contributed by atoms with Gasteiger partial charge < -0.3 is 4.74 Å². The lowest BCUT2D eigenvalue weighted by atomic mass is 9.73. The number of rotatable bonds is 0. The molecule has 1 aromatic rings. The monoisotopic (exact) mass is 246 g/mol. The molecule has 1 nitrogen and oxygen atoms in total. The summed E-state index contributed by atoms with van der Waals surface area (Å²) < 4.78 is 5.80. The lowest BCUT2D eigenvalue weighted by molar-refractivity contribution is 0.0596. The number of fused-ring (bicyclic) bond motifs is 1. The molecule has 0 fully saturated rings. The number of benzene rings is 1. The zero-order valence-corrected chi connectivity index (χ0v) is 12.6. The topological polar surface area (TPSA) is 9.23 Å². The Morgan fingerprint density at radius 3 is 2.28 bits per heavy atom. The van der Waals surface area contributed by atoms with Crippen LogP contribution in [-0.2, 0) is 16.8 Å². The van der Waals surface area contributed by atoms with Crippen LogP contribution in [0.4, 0.5) is 0 Å². The van der Waals surface area contributed by atoms with Crippen molar-refractivity contribution in [3.8, 4) is 0 Å². The molecule has 0 amide bonds. The van der Waals surface area contributed by atoms with Gasteiger partial charge >= 0.3 is 0 Å². The van der Waals surface area contributed by atoms with Gasteiger partial charge in [-0.2, -0.15) is 0 Å². The van der Waals surface area contributed by atoms with Crippen LogP contribution < -0.4 is 0 Å². The first-order valence-corrected chi connectivity index (χ1v) is 6.90. The van der Waals surface area contributed by atoms with Gasteiger partial charge in [0, 0.05) is 5.92 Å². The summed E-state index contributed by atoms with van der Waals surface area (Å²) in [6.07, 6.45) is 0. The van der Waals surface area contributed by atoms with Gasteiger partial charge in [-0.05, 0) is 27.5 Å². The molecule has 0 spiro atoms. The highest BCUT2D eigenvalue weighted by Gasteiger charge is 2.31. The van der Waals surface area contributed by atoms with E-state index >= 15 is 0 Å². The minimum atomic E-state index is 0.212. The largest absolute Gasteiger partial charge is 0.376 e. The molecule has 1 aliphatic rings. The van der Waals surface area contributed by atoms with Gasteiger partial charge in [-0.25, -0.2) is 0 Å². The highest BCUT2D eigenvalue weighted by Crippen LogP contribution is 2.40. The first-order valence-electron chi connectivity index (χ1n) is 6.90. The molecular weight excluding hydrogens is 220 g/mol. The molecule has 0 bridgehead atoms. The van der Waals surface area contributed by atoms with Crippen molar-refractivity contribution in [1.29, 1.82) is 0 Å². The molecule has 0 aromatic heterocycles. The first-order chi connectivity index (χ1) is 8.19. The average molecular weight is 246 g/mol. The van der Waals surface area contributed by atoms with Crippen LogP contribution in [0.5, 0.6) is 0 Å². The molecule has 0 N–H and O–H groups in total. The summed E-state index contributed by atoms with van der Waals surface area (Å²) in [6, 6.07) is 6.96. The van der Waals surface area contributed by atoms with Crippen LogP contribution >= 0.6 is 0 Å². The van der Waals surface area contributed by atoms with Crippen molar-refractivity contribution in [3.63, 3.8) is 0 Å². The number of ether oxygens (including phenoxy) is 1. The van der Waals surface area contributed by atoms with Crippen molar-refractivity contribution in [2.75, 3.05) is 6.61 Å². The Morgan fingerprint density at radius 2 is 1.72 bits per heavy atom. The number of hydrogen-bond donors (Lipinski definition) is 0. The van der Waals surface area contributed by atoms with Gasteiger partial charge in [-0.3, -0.25) is 0 Å². The third kappa shape index (κ3) is 2.61. The van der Waals surface area contributed by atoms with Crippen LogP contribution in [0.1, 0.15) is 64.2 Å². The Labute approximate surface area is 112 Å². The molecule has 1 heteroatoms. The number of hydrogen-bond acceptors (Lipinski definition) is 1. The summed E-state index contributed by atoms with van der Waals surface area (Å²) in [6.45, 7) is 15.3. The quantitative estimate of drug-likeness (QED) is 0.648. The summed E-state index contributed by atoms with van der Waals surface area (Å²) in [5.74, 6) is 0.510. The van der Waals surface area contributed by atoms with Crippen LogP contribution in [0.2, 0.25) is 0 Å². The maximum Gasteiger partial charge on any atom is 0.0720 e. The molecule has 0 aliphatic carbocycles. The van der Waals surface area contributed by atoms with Crippen LogP contribution in [0.15, 0.2) is 18.2 Å². The fourth-order valence-electron chi connectivity index (χ4n) is 2.63. The fourth-order valence-corrected chi connectivity index (χ4v) is 2.63. The van der Waals surface area contributed by atoms with E-state index in [1.165, 1.54) is 16.7 Å². The molecule has 1 heterocycles. The lowest BCUT2D eigenvalue weighted by Crippen LogP contribution is -2.28. The van der Waals surface area contributed by atoms with E-state index in [1.54, 1.807) is 0 Å². The molecule has 0 radical (unpaired) electrons. The second-order valence-corrected chi connectivity index (χ2v) is 7.60. The van der Waals surface area contributed by atoms with E-state index in [-0.39, 0.29) is 10.8 Å². The Hall–Kier alpha value is -0.820. The molecule has 100 valence electrons. The maximum atomic E-state index is 5.80. The van der Waals surface area contributed by atoms with E-state index in [9.17, 15) is 0 Å². The average Bonchev–Trinajstić information content (AvgIpc) is 2.25. The van der Waals surface area contributed by atoms with Gasteiger partial charge in [-0.1, -0.05) is 59.7 Å². The molecule has 1 unspecified atom stereocenters. The minimum Gasteiger partial charge on any atom is -0.376 e. The molecule has 2 rings (SSSR count). The molecule has 0 saturated heterocycles. The molecule has 1 aliphatic heterocycles. The second kappa shape index (κ2) is 4.38. The Kier molecular flexibility index (Phi) is 3.31. The predicted molar refractivity (Wildman–Crippen MR) is 77.0 cm³/mol. The van der Waals surface area contributed by atoms with E-state index in [1.807, 2.05) is 0 Å². The fraction of sp³-hybridized carbons (Fsp3) is 0.647. The second-order valence-electron chi connectivity index (χ2n) is 7.60. The van der Waals surface area contributed by atoms with E-state index in [0.29, 0.717) is 5.92 Å². The molecule has 1 atom stereocenters. The van der Waals surface area contributed by atoms with Crippen molar-refractivity contribution in [1.82, 2.24) is 0 Å². The Bertz CT molecular complexity index is 432. The van der Waals surface area contributed by atoms with Crippen LogP contribution in [-0.4, -0.2) is 6.61 Å². The van der Waals surface area contributed by atoms with Crippen molar-refractivity contribution in [2.24, 2.45) is 5.41 Å². The van der Waals surface area contributed by atoms with Gasteiger partial charge in [0.15, 0.2) is 0 Å². The Morgan fingerprint density at radius 1 is 1.06 bits per heavy atom. The Balaban J connectivity index is 2.43. The smallest absolute Gasteiger partial charge is 0.0720 e. The van der Waals surface area contributed by atoms with Crippen LogP contribution in [0.3, 0.4) is 0 Å². The normalized spacial score (nSPS) is 20.7. The molecular formula is C17H26O. The van der Waals surface area contributed by atoms with E-state index in [0.717, 1.165) is 13.2 Å². The molecule has 0 saturated carbocycles. The van der Waals surface area contributed by atoms with Crippen molar-refractivity contribution >= 4 is 0 Å². The van der Waals surface area contributed by atoms with E-state index in [4.69, 9.17) is 4.74 Å².